The van der Waals surface area contributed by atoms with E-state index < -0.39 is 0 Å². The van der Waals surface area contributed by atoms with E-state index in [2.05, 4.69) is 41.9 Å². The number of halogens is 1. The molecule has 2 N–H and O–H groups in total. The number of hydrogen-bond acceptors (Lipinski definition) is 2. The van der Waals surface area contributed by atoms with Crippen LogP contribution in [0, 0.1) is 0 Å². The van der Waals surface area contributed by atoms with Crippen LogP contribution in [0.3, 0.4) is 0 Å². The minimum atomic E-state index is 0.516. The Hall–Kier alpha value is -1.48. The molecule has 0 aliphatic carbocycles. The van der Waals surface area contributed by atoms with E-state index in [1.165, 1.54) is 5.56 Å². The van der Waals surface area contributed by atoms with E-state index in [0.29, 0.717) is 12.5 Å². The van der Waals surface area contributed by atoms with Gasteiger partial charge < -0.3 is 10.5 Å². The van der Waals surface area contributed by atoms with Gasteiger partial charge in [0.25, 0.3) is 0 Å². The monoisotopic (exact) mass is 319 g/mol. The topological polar surface area (TPSA) is 35.2 Å². The molecule has 0 atom stereocenters. The van der Waals surface area contributed by atoms with Crippen molar-refractivity contribution in [2.75, 3.05) is 5.73 Å². The highest BCUT2D eigenvalue weighted by molar-refractivity contribution is 9.10. The van der Waals surface area contributed by atoms with Crippen molar-refractivity contribution in [2.24, 2.45) is 0 Å². The van der Waals surface area contributed by atoms with Crippen molar-refractivity contribution in [1.82, 2.24) is 0 Å². The molecule has 100 valence electrons. The van der Waals surface area contributed by atoms with Crippen LogP contribution in [0.15, 0.2) is 46.9 Å². The van der Waals surface area contributed by atoms with Gasteiger partial charge in [-0.3, -0.25) is 0 Å². The minimum Gasteiger partial charge on any atom is -0.488 e. The molecule has 0 aliphatic heterocycles. The minimum absolute atomic E-state index is 0.516. The lowest BCUT2D eigenvalue weighted by atomic mass is 10.0. The molecule has 0 radical (unpaired) electrons. The summed E-state index contributed by atoms with van der Waals surface area (Å²) in [4.78, 5) is 0. The molecule has 0 bridgehead atoms. The van der Waals surface area contributed by atoms with Gasteiger partial charge in [-0.15, -0.1) is 0 Å². The number of ether oxygens (including phenoxy) is 1. The van der Waals surface area contributed by atoms with E-state index in [-0.39, 0.29) is 0 Å². The summed E-state index contributed by atoms with van der Waals surface area (Å²) in [5.41, 5.74) is 8.83. The molecule has 2 rings (SSSR count). The highest BCUT2D eigenvalue weighted by atomic mass is 79.9. The molecule has 2 aromatic rings. The van der Waals surface area contributed by atoms with Gasteiger partial charge in [-0.25, -0.2) is 0 Å². The highest BCUT2D eigenvalue weighted by Gasteiger charge is 2.05. The van der Waals surface area contributed by atoms with E-state index in [1.54, 1.807) is 0 Å². The van der Waals surface area contributed by atoms with Crippen LogP contribution in [0.25, 0.3) is 0 Å². The van der Waals surface area contributed by atoms with E-state index in [4.69, 9.17) is 10.5 Å². The molecular weight excluding hydrogens is 302 g/mol. The maximum atomic E-state index is 5.81. The van der Waals surface area contributed by atoms with Crippen molar-refractivity contribution in [3.05, 3.63) is 58.1 Å². The standard InChI is InChI=1S/C16H18BrNO/c1-11(2)13-5-8-16(15(17)9-13)19-10-12-3-6-14(18)7-4-12/h3-9,11H,10,18H2,1-2H3. The molecule has 0 fully saturated rings. The summed E-state index contributed by atoms with van der Waals surface area (Å²) in [6.07, 6.45) is 0. The van der Waals surface area contributed by atoms with Gasteiger partial charge in [0, 0.05) is 5.69 Å². The molecular formula is C16H18BrNO. The molecule has 19 heavy (non-hydrogen) atoms. The molecule has 0 spiro atoms. The van der Waals surface area contributed by atoms with Gasteiger partial charge in [0.1, 0.15) is 12.4 Å². The fraction of sp³-hybridized carbons (Fsp3) is 0.250. The molecule has 0 aliphatic rings. The zero-order chi connectivity index (χ0) is 13.8. The number of rotatable bonds is 4. The molecule has 0 saturated carbocycles. The van der Waals surface area contributed by atoms with Crippen LogP contribution in [0.4, 0.5) is 5.69 Å². The third-order valence-corrected chi connectivity index (χ3v) is 3.62. The summed E-state index contributed by atoms with van der Waals surface area (Å²) >= 11 is 3.56. The fourth-order valence-electron chi connectivity index (χ4n) is 1.77. The van der Waals surface area contributed by atoms with Crippen LogP contribution in [0.2, 0.25) is 0 Å². The van der Waals surface area contributed by atoms with Crippen LogP contribution in [0.1, 0.15) is 30.9 Å². The van der Waals surface area contributed by atoms with Crippen molar-refractivity contribution >= 4 is 21.6 Å². The summed E-state index contributed by atoms with van der Waals surface area (Å²) in [7, 11) is 0. The third-order valence-electron chi connectivity index (χ3n) is 3.00. The second kappa shape index (κ2) is 6.11. The first-order valence-electron chi connectivity index (χ1n) is 6.33. The summed E-state index contributed by atoms with van der Waals surface area (Å²) in [6.45, 7) is 4.90. The Balaban J connectivity index is 2.05. The lowest BCUT2D eigenvalue weighted by Crippen LogP contribution is -1.97. The second-order valence-electron chi connectivity index (χ2n) is 4.87. The summed E-state index contributed by atoms with van der Waals surface area (Å²) in [5, 5.41) is 0. The average Bonchev–Trinajstić information content (AvgIpc) is 2.39. The van der Waals surface area contributed by atoms with Gasteiger partial charge in [0.15, 0.2) is 0 Å². The number of nitrogen functional groups attached to an aromatic ring is 1. The molecule has 3 heteroatoms. The van der Waals surface area contributed by atoms with Gasteiger partial charge in [-0.05, 0) is 57.2 Å². The van der Waals surface area contributed by atoms with Gasteiger partial charge in [-0.2, -0.15) is 0 Å². The van der Waals surface area contributed by atoms with Crippen LogP contribution in [-0.2, 0) is 6.61 Å². The first kappa shape index (κ1) is 13.9. The predicted molar refractivity (Wildman–Crippen MR) is 83.4 cm³/mol. The summed E-state index contributed by atoms with van der Waals surface area (Å²) in [6, 6.07) is 14.0. The Kier molecular flexibility index (Phi) is 4.48. The molecule has 0 unspecified atom stereocenters. The maximum absolute atomic E-state index is 5.81. The van der Waals surface area contributed by atoms with Crippen molar-refractivity contribution in [2.45, 2.75) is 26.4 Å². The van der Waals surface area contributed by atoms with Crippen LogP contribution < -0.4 is 10.5 Å². The Bertz CT molecular complexity index is 549. The Morgan fingerprint density at radius 3 is 2.37 bits per heavy atom. The Labute approximate surface area is 122 Å². The first-order valence-corrected chi connectivity index (χ1v) is 7.12. The van der Waals surface area contributed by atoms with Crippen molar-refractivity contribution in [3.8, 4) is 5.75 Å². The van der Waals surface area contributed by atoms with Crippen molar-refractivity contribution < 1.29 is 4.74 Å². The highest BCUT2D eigenvalue weighted by Crippen LogP contribution is 2.29. The van der Waals surface area contributed by atoms with Gasteiger partial charge in [0.2, 0.25) is 0 Å². The Morgan fingerprint density at radius 1 is 1.11 bits per heavy atom. The van der Waals surface area contributed by atoms with E-state index in [0.717, 1.165) is 21.5 Å². The third kappa shape index (κ3) is 3.74. The zero-order valence-electron chi connectivity index (χ0n) is 11.2. The lowest BCUT2D eigenvalue weighted by molar-refractivity contribution is 0.304. The van der Waals surface area contributed by atoms with E-state index in [9.17, 15) is 0 Å². The van der Waals surface area contributed by atoms with Crippen LogP contribution >= 0.6 is 15.9 Å². The van der Waals surface area contributed by atoms with Crippen molar-refractivity contribution in [1.29, 1.82) is 0 Å². The average molecular weight is 320 g/mol. The van der Waals surface area contributed by atoms with Gasteiger partial charge >= 0.3 is 0 Å². The molecule has 2 nitrogen and oxygen atoms in total. The zero-order valence-corrected chi connectivity index (χ0v) is 12.8. The van der Waals surface area contributed by atoms with Crippen LogP contribution in [-0.4, -0.2) is 0 Å². The molecule has 0 aromatic heterocycles. The lowest BCUT2D eigenvalue weighted by Gasteiger charge is -2.11. The first-order chi connectivity index (χ1) is 9.06. The molecule has 0 saturated heterocycles. The SMILES string of the molecule is CC(C)c1ccc(OCc2ccc(N)cc2)c(Br)c1. The summed E-state index contributed by atoms with van der Waals surface area (Å²) < 4.78 is 6.80. The normalized spacial score (nSPS) is 10.7. The largest absolute Gasteiger partial charge is 0.488 e. The fourth-order valence-corrected chi connectivity index (χ4v) is 2.28. The molecule has 2 aromatic carbocycles. The number of nitrogens with two attached hydrogens (primary N) is 1. The maximum Gasteiger partial charge on any atom is 0.134 e. The van der Waals surface area contributed by atoms with E-state index in [1.807, 2.05) is 30.3 Å². The summed E-state index contributed by atoms with van der Waals surface area (Å²) in [5.74, 6) is 1.38. The van der Waals surface area contributed by atoms with Gasteiger partial charge in [-0.1, -0.05) is 32.0 Å². The molecule has 0 heterocycles. The van der Waals surface area contributed by atoms with Crippen LogP contribution in [0.5, 0.6) is 5.75 Å². The number of hydrogen-bond donors (Lipinski definition) is 1. The Morgan fingerprint density at radius 2 is 1.79 bits per heavy atom. The second-order valence-corrected chi connectivity index (χ2v) is 5.73. The number of benzene rings is 2. The van der Waals surface area contributed by atoms with E-state index >= 15 is 0 Å². The van der Waals surface area contributed by atoms with Gasteiger partial charge in [0.05, 0.1) is 4.47 Å². The van der Waals surface area contributed by atoms with Crippen molar-refractivity contribution in [3.63, 3.8) is 0 Å². The quantitative estimate of drug-likeness (QED) is 0.826. The molecule has 0 amide bonds. The smallest absolute Gasteiger partial charge is 0.134 e. The number of anilines is 1. The predicted octanol–water partition coefficient (Wildman–Crippen LogP) is 4.73.